The van der Waals surface area contributed by atoms with E-state index in [9.17, 15) is 22.8 Å². The molecule has 0 saturated carbocycles. The predicted octanol–water partition coefficient (Wildman–Crippen LogP) is 3.37. The van der Waals surface area contributed by atoms with E-state index in [1.54, 1.807) is 35.7 Å². The lowest BCUT2D eigenvalue weighted by Crippen LogP contribution is -2.54. The van der Waals surface area contributed by atoms with Crippen molar-refractivity contribution < 1.29 is 22.8 Å². The minimum absolute atomic E-state index is 0.0477. The fourth-order valence-electron chi connectivity index (χ4n) is 3.60. The molecule has 0 atom stereocenters. The van der Waals surface area contributed by atoms with Gasteiger partial charge in [-0.3, -0.25) is 4.79 Å². The average Bonchev–Trinajstić information content (AvgIpc) is 3.03. The zero-order valence-electron chi connectivity index (χ0n) is 15.3. The first-order chi connectivity index (χ1) is 12.6. The number of thioether (sulfide) groups is 1. The van der Waals surface area contributed by atoms with Crippen molar-refractivity contribution in [2.75, 3.05) is 39.5 Å². The summed E-state index contributed by atoms with van der Waals surface area (Å²) >= 11 is 1.70. The Balaban J connectivity index is 1.73. The third kappa shape index (κ3) is 3.88. The highest BCUT2D eigenvalue weighted by Gasteiger charge is 2.47. The molecule has 3 rings (SSSR count). The van der Waals surface area contributed by atoms with Gasteiger partial charge in [0.25, 0.3) is 5.91 Å². The smallest absolute Gasteiger partial charge is 0.331 e. The fraction of sp³-hybridized carbons (Fsp3) is 0.556. The monoisotopic (exact) mass is 401 g/mol. The molecular formula is C18H22F3N3O2S. The molecule has 1 spiro atoms. The Morgan fingerprint density at radius 3 is 2.19 bits per heavy atom. The summed E-state index contributed by atoms with van der Waals surface area (Å²) < 4.78 is 38.2. The fourth-order valence-corrected chi connectivity index (χ4v) is 5.05. The van der Waals surface area contributed by atoms with Crippen molar-refractivity contribution in [1.29, 1.82) is 0 Å². The van der Waals surface area contributed by atoms with Crippen molar-refractivity contribution in [1.82, 2.24) is 14.7 Å². The van der Waals surface area contributed by atoms with E-state index in [0.717, 1.165) is 17.9 Å². The van der Waals surface area contributed by atoms with Gasteiger partial charge in [0.15, 0.2) is 0 Å². The third-order valence-corrected chi connectivity index (χ3v) is 6.63. The average molecular weight is 401 g/mol. The maximum absolute atomic E-state index is 12.9. The summed E-state index contributed by atoms with van der Waals surface area (Å²) in [4.78, 5) is 29.8. The molecule has 0 aliphatic carbocycles. The molecule has 0 unspecified atom stereocenters. The number of alkyl halides is 3. The molecule has 0 bridgehead atoms. The number of amides is 3. The maximum Gasteiger partial charge on any atom is 0.416 e. The quantitative estimate of drug-likeness (QED) is 0.725. The van der Waals surface area contributed by atoms with Gasteiger partial charge >= 0.3 is 12.2 Å². The van der Waals surface area contributed by atoms with E-state index in [1.165, 1.54) is 17.0 Å². The molecule has 148 valence electrons. The number of likely N-dealkylation sites (tertiary alicyclic amines) is 1. The Hall–Kier alpha value is -1.90. The Kier molecular flexibility index (Phi) is 5.33. The van der Waals surface area contributed by atoms with Crippen LogP contribution < -0.4 is 0 Å². The van der Waals surface area contributed by atoms with Gasteiger partial charge in [0, 0.05) is 45.0 Å². The number of nitrogens with zero attached hydrogens (tertiary/aromatic N) is 3. The third-order valence-electron chi connectivity index (χ3n) is 5.08. The molecule has 0 radical (unpaired) electrons. The molecule has 2 saturated heterocycles. The molecule has 2 heterocycles. The van der Waals surface area contributed by atoms with Gasteiger partial charge in [-0.2, -0.15) is 13.2 Å². The van der Waals surface area contributed by atoms with Crippen molar-refractivity contribution in [3.8, 4) is 0 Å². The molecule has 2 fully saturated rings. The number of carbonyl (C=O) groups excluding carboxylic acids is 2. The van der Waals surface area contributed by atoms with Gasteiger partial charge in [0.2, 0.25) is 0 Å². The summed E-state index contributed by atoms with van der Waals surface area (Å²) in [6, 6.07) is 4.33. The summed E-state index contributed by atoms with van der Waals surface area (Å²) in [5, 5.41) is 0. The van der Waals surface area contributed by atoms with Crippen LogP contribution in [0.25, 0.3) is 0 Å². The van der Waals surface area contributed by atoms with Crippen LogP contribution >= 0.6 is 11.8 Å². The molecule has 2 aliphatic heterocycles. The van der Waals surface area contributed by atoms with Crippen LogP contribution in [0.3, 0.4) is 0 Å². The van der Waals surface area contributed by atoms with Crippen molar-refractivity contribution in [2.24, 2.45) is 0 Å². The second-order valence-corrected chi connectivity index (χ2v) is 8.45. The summed E-state index contributed by atoms with van der Waals surface area (Å²) in [6.07, 6.45) is -3.11. The Labute approximate surface area is 160 Å². The molecular weight excluding hydrogens is 379 g/mol. The number of rotatable bonds is 1. The van der Waals surface area contributed by atoms with E-state index in [-0.39, 0.29) is 22.4 Å². The number of carbonyl (C=O) groups is 2. The van der Waals surface area contributed by atoms with E-state index in [0.29, 0.717) is 32.5 Å². The number of halogens is 3. The van der Waals surface area contributed by atoms with Gasteiger partial charge in [0.1, 0.15) is 0 Å². The van der Waals surface area contributed by atoms with E-state index in [4.69, 9.17) is 0 Å². The van der Waals surface area contributed by atoms with E-state index in [1.807, 2.05) is 0 Å². The van der Waals surface area contributed by atoms with Crippen LogP contribution in [0.5, 0.6) is 0 Å². The van der Waals surface area contributed by atoms with Gasteiger partial charge in [-0.05, 0) is 37.1 Å². The molecule has 5 nitrogen and oxygen atoms in total. The lowest BCUT2D eigenvalue weighted by atomic mass is 10.0. The van der Waals surface area contributed by atoms with Gasteiger partial charge in [-0.1, -0.05) is 0 Å². The zero-order valence-corrected chi connectivity index (χ0v) is 16.1. The lowest BCUT2D eigenvalue weighted by Gasteiger charge is -2.44. The second kappa shape index (κ2) is 7.26. The van der Waals surface area contributed by atoms with E-state index >= 15 is 0 Å². The van der Waals surface area contributed by atoms with Crippen LogP contribution in [0.2, 0.25) is 0 Å². The number of hydrogen-bond acceptors (Lipinski definition) is 3. The summed E-state index contributed by atoms with van der Waals surface area (Å²) in [5.74, 6) is 0.537. The minimum atomic E-state index is -4.42. The highest BCUT2D eigenvalue weighted by molar-refractivity contribution is 8.00. The first-order valence-corrected chi connectivity index (χ1v) is 9.72. The van der Waals surface area contributed by atoms with Crippen LogP contribution in [0, 0.1) is 0 Å². The number of urea groups is 1. The molecule has 2 aliphatic rings. The normalized spacial score (nSPS) is 19.4. The van der Waals surface area contributed by atoms with Crippen LogP contribution in [0.4, 0.5) is 18.0 Å². The highest BCUT2D eigenvalue weighted by Crippen LogP contribution is 2.44. The largest absolute Gasteiger partial charge is 0.416 e. The molecule has 27 heavy (non-hydrogen) atoms. The van der Waals surface area contributed by atoms with Crippen LogP contribution in [0.15, 0.2) is 24.3 Å². The molecule has 0 aromatic heterocycles. The van der Waals surface area contributed by atoms with Gasteiger partial charge < -0.3 is 14.7 Å². The topological polar surface area (TPSA) is 43.9 Å². The summed E-state index contributed by atoms with van der Waals surface area (Å²) in [5.41, 5.74) is -0.503. The first kappa shape index (κ1) is 19.9. The maximum atomic E-state index is 12.9. The van der Waals surface area contributed by atoms with Crippen molar-refractivity contribution >= 4 is 23.7 Å². The van der Waals surface area contributed by atoms with Gasteiger partial charge in [-0.25, -0.2) is 4.79 Å². The van der Waals surface area contributed by atoms with Crippen LogP contribution in [0.1, 0.15) is 28.8 Å². The number of benzene rings is 1. The SMILES string of the molecule is CN(C)C(=O)N1CCC2(CC1)SCCN2C(=O)c1ccc(C(F)(F)F)cc1. The van der Waals surface area contributed by atoms with Crippen molar-refractivity contribution in [3.63, 3.8) is 0 Å². The molecule has 0 N–H and O–H groups in total. The summed E-state index contributed by atoms with van der Waals surface area (Å²) in [6.45, 7) is 1.67. The minimum Gasteiger partial charge on any atom is -0.331 e. The second-order valence-electron chi connectivity index (χ2n) is 6.99. The van der Waals surface area contributed by atoms with E-state index < -0.39 is 11.7 Å². The number of piperidine rings is 1. The van der Waals surface area contributed by atoms with Crippen LogP contribution in [-0.4, -0.2) is 71.0 Å². The summed E-state index contributed by atoms with van der Waals surface area (Å²) in [7, 11) is 3.41. The van der Waals surface area contributed by atoms with Gasteiger partial charge in [-0.15, -0.1) is 11.8 Å². The number of hydrogen-bond donors (Lipinski definition) is 0. The van der Waals surface area contributed by atoms with Crippen LogP contribution in [-0.2, 0) is 6.18 Å². The molecule has 3 amide bonds. The molecule has 9 heteroatoms. The Morgan fingerprint density at radius 1 is 1.07 bits per heavy atom. The Bertz CT molecular complexity index is 714. The van der Waals surface area contributed by atoms with Crippen molar-refractivity contribution in [3.05, 3.63) is 35.4 Å². The van der Waals surface area contributed by atoms with Crippen molar-refractivity contribution in [2.45, 2.75) is 23.9 Å². The highest BCUT2D eigenvalue weighted by atomic mass is 32.2. The lowest BCUT2D eigenvalue weighted by molar-refractivity contribution is -0.137. The molecule has 1 aromatic rings. The Morgan fingerprint density at radius 2 is 1.67 bits per heavy atom. The first-order valence-electron chi connectivity index (χ1n) is 8.73. The molecule has 1 aromatic carbocycles. The standard InChI is InChI=1S/C18H22F3N3O2S/c1-22(2)16(26)23-9-7-17(8-10-23)24(11-12-27-17)15(25)13-3-5-14(6-4-13)18(19,20)21/h3-6H,7-12H2,1-2H3. The predicted molar refractivity (Wildman–Crippen MR) is 97.6 cm³/mol. The van der Waals surface area contributed by atoms with E-state index in [2.05, 4.69) is 0 Å². The van der Waals surface area contributed by atoms with Gasteiger partial charge in [0.05, 0.1) is 10.4 Å². The zero-order chi connectivity index (χ0) is 19.8.